The summed E-state index contributed by atoms with van der Waals surface area (Å²) in [6.45, 7) is 3.95. The molecule has 0 unspecified atom stereocenters. The van der Waals surface area contributed by atoms with Crippen LogP contribution in [0.1, 0.15) is 27.9 Å². The van der Waals surface area contributed by atoms with Crippen LogP contribution in [0.5, 0.6) is 0 Å². The number of rotatable bonds is 2. The SMILES string of the molecule is CNC(=O)c1ccc(C2=CCNCC2)cc1C. The van der Waals surface area contributed by atoms with Gasteiger partial charge >= 0.3 is 0 Å². The number of amides is 1. The van der Waals surface area contributed by atoms with Gasteiger partial charge in [-0.2, -0.15) is 0 Å². The first-order valence-electron chi connectivity index (χ1n) is 5.95. The number of carbonyl (C=O) groups excluding carboxylic acids is 1. The quantitative estimate of drug-likeness (QED) is 0.812. The van der Waals surface area contributed by atoms with Gasteiger partial charge in [0.25, 0.3) is 5.91 Å². The lowest BCUT2D eigenvalue weighted by Crippen LogP contribution is -2.20. The molecular weight excluding hydrogens is 212 g/mol. The molecule has 0 saturated carbocycles. The minimum absolute atomic E-state index is 0.0201. The predicted octanol–water partition coefficient (Wildman–Crippen LogP) is 1.73. The number of hydrogen-bond acceptors (Lipinski definition) is 2. The van der Waals surface area contributed by atoms with Gasteiger partial charge in [-0.25, -0.2) is 0 Å². The van der Waals surface area contributed by atoms with Crippen LogP contribution in [0.25, 0.3) is 5.57 Å². The molecule has 1 aromatic rings. The van der Waals surface area contributed by atoms with Gasteiger partial charge in [-0.1, -0.05) is 18.2 Å². The van der Waals surface area contributed by atoms with Crippen molar-refractivity contribution in [1.82, 2.24) is 10.6 Å². The molecule has 2 N–H and O–H groups in total. The second kappa shape index (κ2) is 5.15. The van der Waals surface area contributed by atoms with E-state index in [4.69, 9.17) is 0 Å². The topological polar surface area (TPSA) is 41.1 Å². The third-order valence-electron chi connectivity index (χ3n) is 3.13. The Kier molecular flexibility index (Phi) is 3.59. The molecular formula is C14H18N2O. The van der Waals surface area contributed by atoms with Crippen molar-refractivity contribution in [2.45, 2.75) is 13.3 Å². The van der Waals surface area contributed by atoms with E-state index in [1.165, 1.54) is 11.1 Å². The first kappa shape index (κ1) is 11.9. The van der Waals surface area contributed by atoms with Crippen molar-refractivity contribution >= 4 is 11.5 Å². The second-order valence-electron chi connectivity index (χ2n) is 4.29. The van der Waals surface area contributed by atoms with Crippen LogP contribution in [0.15, 0.2) is 24.3 Å². The van der Waals surface area contributed by atoms with E-state index in [1.54, 1.807) is 7.05 Å². The first-order chi connectivity index (χ1) is 8.22. The summed E-state index contributed by atoms with van der Waals surface area (Å²) in [5, 5.41) is 5.95. The number of carbonyl (C=O) groups is 1. The van der Waals surface area contributed by atoms with Crippen molar-refractivity contribution in [2.75, 3.05) is 20.1 Å². The Morgan fingerprint density at radius 3 is 2.82 bits per heavy atom. The number of benzene rings is 1. The summed E-state index contributed by atoms with van der Waals surface area (Å²) in [4.78, 5) is 11.6. The van der Waals surface area contributed by atoms with E-state index in [0.29, 0.717) is 0 Å². The van der Waals surface area contributed by atoms with Gasteiger partial charge in [0.1, 0.15) is 0 Å². The van der Waals surface area contributed by atoms with Gasteiger partial charge < -0.3 is 10.6 Å². The van der Waals surface area contributed by atoms with Gasteiger partial charge in [0.2, 0.25) is 0 Å². The van der Waals surface area contributed by atoms with E-state index in [2.05, 4.69) is 22.8 Å². The van der Waals surface area contributed by atoms with Crippen LogP contribution < -0.4 is 10.6 Å². The second-order valence-corrected chi connectivity index (χ2v) is 4.29. The van der Waals surface area contributed by atoms with Gasteiger partial charge in [0.05, 0.1) is 0 Å². The zero-order valence-corrected chi connectivity index (χ0v) is 10.3. The normalized spacial score (nSPS) is 15.3. The van der Waals surface area contributed by atoms with Gasteiger partial charge in [-0.15, -0.1) is 0 Å². The van der Waals surface area contributed by atoms with Gasteiger partial charge in [-0.3, -0.25) is 4.79 Å². The highest BCUT2D eigenvalue weighted by Gasteiger charge is 2.10. The summed E-state index contributed by atoms with van der Waals surface area (Å²) in [5.41, 5.74) is 4.39. The van der Waals surface area contributed by atoms with E-state index in [9.17, 15) is 4.79 Å². The minimum Gasteiger partial charge on any atom is -0.355 e. The maximum Gasteiger partial charge on any atom is 0.251 e. The highest BCUT2D eigenvalue weighted by atomic mass is 16.1. The Hall–Kier alpha value is -1.61. The van der Waals surface area contributed by atoms with Crippen LogP contribution >= 0.6 is 0 Å². The van der Waals surface area contributed by atoms with Crippen LogP contribution in [-0.4, -0.2) is 26.0 Å². The van der Waals surface area contributed by atoms with Crippen molar-refractivity contribution < 1.29 is 4.79 Å². The molecule has 17 heavy (non-hydrogen) atoms. The molecule has 1 amide bonds. The molecule has 0 aromatic heterocycles. The van der Waals surface area contributed by atoms with E-state index in [1.807, 2.05) is 19.1 Å². The Morgan fingerprint density at radius 1 is 1.41 bits per heavy atom. The lowest BCUT2D eigenvalue weighted by Gasteiger charge is -2.15. The smallest absolute Gasteiger partial charge is 0.251 e. The zero-order chi connectivity index (χ0) is 12.3. The number of hydrogen-bond donors (Lipinski definition) is 2. The Balaban J connectivity index is 2.30. The molecule has 0 spiro atoms. The summed E-state index contributed by atoms with van der Waals surface area (Å²) in [5.74, 6) is -0.0201. The molecule has 3 heteroatoms. The molecule has 0 aliphatic carbocycles. The number of nitrogens with one attached hydrogen (secondary N) is 2. The molecule has 1 heterocycles. The Morgan fingerprint density at radius 2 is 2.24 bits per heavy atom. The third kappa shape index (κ3) is 2.56. The third-order valence-corrected chi connectivity index (χ3v) is 3.13. The van der Waals surface area contributed by atoms with Gasteiger partial charge in [-0.05, 0) is 42.7 Å². The fraction of sp³-hybridized carbons (Fsp3) is 0.357. The Labute approximate surface area is 102 Å². The largest absolute Gasteiger partial charge is 0.355 e. The van der Waals surface area contributed by atoms with Crippen molar-refractivity contribution in [3.05, 3.63) is 41.0 Å². The van der Waals surface area contributed by atoms with Crippen LogP contribution in [-0.2, 0) is 0 Å². The predicted molar refractivity (Wildman–Crippen MR) is 70.0 cm³/mol. The maximum atomic E-state index is 11.6. The standard InChI is InChI=1S/C14H18N2O/c1-10-9-12(11-5-7-16-8-6-11)3-4-13(10)14(17)15-2/h3-5,9,16H,6-8H2,1-2H3,(H,15,17). The number of aryl methyl sites for hydroxylation is 1. The highest BCUT2D eigenvalue weighted by Crippen LogP contribution is 2.22. The molecule has 0 radical (unpaired) electrons. The molecule has 1 aromatic carbocycles. The maximum absolute atomic E-state index is 11.6. The molecule has 0 atom stereocenters. The fourth-order valence-corrected chi connectivity index (χ4v) is 2.14. The van der Waals surface area contributed by atoms with E-state index in [0.717, 1.165) is 30.6 Å². The lowest BCUT2D eigenvalue weighted by molar-refractivity contribution is 0.0962. The fourth-order valence-electron chi connectivity index (χ4n) is 2.14. The van der Waals surface area contributed by atoms with Gasteiger partial charge in [0, 0.05) is 19.2 Å². The molecule has 0 bridgehead atoms. The van der Waals surface area contributed by atoms with Crippen LogP contribution in [0.4, 0.5) is 0 Å². The zero-order valence-electron chi connectivity index (χ0n) is 10.3. The van der Waals surface area contributed by atoms with E-state index >= 15 is 0 Å². The molecule has 1 aliphatic rings. The Bertz CT molecular complexity index is 463. The average Bonchev–Trinajstić information content (AvgIpc) is 2.39. The lowest BCUT2D eigenvalue weighted by atomic mass is 9.96. The summed E-state index contributed by atoms with van der Waals surface area (Å²) < 4.78 is 0. The molecule has 0 fully saturated rings. The van der Waals surface area contributed by atoms with Crippen molar-refractivity contribution in [1.29, 1.82) is 0 Å². The summed E-state index contributed by atoms with van der Waals surface area (Å²) in [7, 11) is 1.66. The first-order valence-corrected chi connectivity index (χ1v) is 5.95. The minimum atomic E-state index is -0.0201. The van der Waals surface area contributed by atoms with Gasteiger partial charge in [0.15, 0.2) is 0 Å². The van der Waals surface area contributed by atoms with E-state index < -0.39 is 0 Å². The van der Waals surface area contributed by atoms with E-state index in [-0.39, 0.29) is 5.91 Å². The van der Waals surface area contributed by atoms with Crippen LogP contribution in [0.3, 0.4) is 0 Å². The van der Waals surface area contributed by atoms with Crippen molar-refractivity contribution in [3.8, 4) is 0 Å². The van der Waals surface area contributed by atoms with Crippen molar-refractivity contribution in [3.63, 3.8) is 0 Å². The highest BCUT2D eigenvalue weighted by molar-refractivity contribution is 5.95. The van der Waals surface area contributed by atoms with Crippen LogP contribution in [0.2, 0.25) is 0 Å². The average molecular weight is 230 g/mol. The summed E-state index contributed by atoms with van der Waals surface area (Å²) in [6.07, 6.45) is 3.27. The molecule has 90 valence electrons. The molecule has 0 saturated heterocycles. The summed E-state index contributed by atoms with van der Waals surface area (Å²) in [6, 6.07) is 6.04. The van der Waals surface area contributed by atoms with Crippen LogP contribution in [0, 0.1) is 6.92 Å². The molecule has 3 nitrogen and oxygen atoms in total. The molecule has 1 aliphatic heterocycles. The summed E-state index contributed by atoms with van der Waals surface area (Å²) >= 11 is 0. The monoisotopic (exact) mass is 230 g/mol. The molecule has 2 rings (SSSR count). The van der Waals surface area contributed by atoms with Crippen molar-refractivity contribution in [2.24, 2.45) is 0 Å².